The molecule has 0 aliphatic carbocycles. The average molecular weight is 168 g/mol. The Morgan fingerprint density at radius 3 is 3.17 bits per heavy atom. The number of hydrogen-bond acceptors (Lipinski definition) is 3. The summed E-state index contributed by atoms with van der Waals surface area (Å²) in [7, 11) is 1.67. The van der Waals surface area contributed by atoms with Crippen LogP contribution in [-0.2, 0) is 20.0 Å². The second kappa shape index (κ2) is 2.45. The summed E-state index contributed by atoms with van der Waals surface area (Å²) < 4.78 is 3.03. The molecule has 1 aliphatic heterocycles. The summed E-state index contributed by atoms with van der Waals surface area (Å²) in [6.07, 6.45) is 1.74. The fourth-order valence-corrected chi connectivity index (χ4v) is 1.56. The van der Waals surface area contributed by atoms with Gasteiger partial charge in [-0.1, -0.05) is 0 Å². The van der Waals surface area contributed by atoms with E-state index in [2.05, 4.69) is 5.10 Å². The van der Waals surface area contributed by atoms with Crippen molar-refractivity contribution in [1.29, 1.82) is 0 Å². The molecule has 5 nitrogen and oxygen atoms in total. The molecule has 0 saturated heterocycles. The van der Waals surface area contributed by atoms with Crippen molar-refractivity contribution in [3.05, 3.63) is 16.3 Å². The van der Waals surface area contributed by atoms with E-state index in [-0.39, 0.29) is 11.7 Å². The molecule has 1 aromatic heterocycles. The highest BCUT2D eigenvalue weighted by Crippen LogP contribution is 2.07. The maximum Gasteiger partial charge on any atom is 0.345 e. The van der Waals surface area contributed by atoms with E-state index >= 15 is 0 Å². The van der Waals surface area contributed by atoms with Crippen LogP contribution in [0, 0.1) is 0 Å². The molecule has 2 heterocycles. The third-order valence-corrected chi connectivity index (χ3v) is 2.24. The van der Waals surface area contributed by atoms with Crippen LogP contribution in [0.5, 0.6) is 0 Å². The van der Waals surface area contributed by atoms with Crippen LogP contribution >= 0.6 is 0 Å². The van der Waals surface area contributed by atoms with Crippen LogP contribution in [-0.4, -0.2) is 20.4 Å². The largest absolute Gasteiger partial charge is 0.345 e. The predicted octanol–water partition coefficient (Wildman–Crippen LogP) is -1.14. The maximum atomic E-state index is 11.4. The third-order valence-electron chi connectivity index (χ3n) is 2.24. The first-order chi connectivity index (χ1) is 5.68. The monoisotopic (exact) mass is 168 g/mol. The van der Waals surface area contributed by atoms with Gasteiger partial charge >= 0.3 is 5.69 Å². The molecule has 0 amide bonds. The minimum Gasteiger partial charge on any atom is -0.326 e. The quantitative estimate of drug-likeness (QED) is 0.532. The number of rotatable bonds is 0. The van der Waals surface area contributed by atoms with Gasteiger partial charge in [-0.3, -0.25) is 4.57 Å². The molecule has 1 atom stereocenters. The number of nitrogens with two attached hydrogens (primary N) is 1. The molecule has 1 aliphatic rings. The van der Waals surface area contributed by atoms with Crippen LogP contribution in [0.3, 0.4) is 0 Å². The first-order valence-electron chi connectivity index (χ1n) is 4.07. The van der Waals surface area contributed by atoms with Crippen molar-refractivity contribution >= 4 is 0 Å². The van der Waals surface area contributed by atoms with Crippen molar-refractivity contribution in [1.82, 2.24) is 14.3 Å². The Labute approximate surface area is 69.8 Å². The second-order valence-electron chi connectivity index (χ2n) is 3.23. The molecule has 12 heavy (non-hydrogen) atoms. The first kappa shape index (κ1) is 7.54. The molecule has 1 unspecified atom stereocenters. The second-order valence-corrected chi connectivity index (χ2v) is 3.23. The molecule has 0 fully saturated rings. The van der Waals surface area contributed by atoms with Gasteiger partial charge in [0.15, 0.2) is 0 Å². The summed E-state index contributed by atoms with van der Waals surface area (Å²) in [5.41, 5.74) is 5.68. The molecule has 1 aromatic rings. The van der Waals surface area contributed by atoms with Gasteiger partial charge in [0.2, 0.25) is 0 Å². The Hall–Kier alpha value is -1.10. The van der Waals surface area contributed by atoms with E-state index in [0.717, 1.165) is 18.7 Å². The summed E-state index contributed by atoms with van der Waals surface area (Å²) in [5, 5.41) is 4.10. The Morgan fingerprint density at radius 2 is 2.42 bits per heavy atom. The van der Waals surface area contributed by atoms with E-state index in [1.807, 2.05) is 0 Å². The molecule has 2 N–H and O–H groups in total. The summed E-state index contributed by atoms with van der Waals surface area (Å²) in [6.45, 7) is 0.613. The minimum atomic E-state index is -0.0554. The average Bonchev–Trinajstić information content (AvgIpc) is 2.31. The topological polar surface area (TPSA) is 65.8 Å². The zero-order valence-electron chi connectivity index (χ0n) is 7.03. The number of aryl methyl sites for hydroxylation is 2. The summed E-state index contributed by atoms with van der Waals surface area (Å²) in [4.78, 5) is 11.4. The molecule has 0 aromatic carbocycles. The predicted molar refractivity (Wildman–Crippen MR) is 43.8 cm³/mol. The van der Waals surface area contributed by atoms with E-state index in [1.54, 1.807) is 11.6 Å². The molecule has 2 rings (SSSR count). The Kier molecular flexibility index (Phi) is 1.54. The highest BCUT2D eigenvalue weighted by atomic mass is 16.2. The fraction of sp³-hybridized carbons (Fsp3) is 0.714. The molecule has 66 valence electrons. The molecule has 0 bridgehead atoms. The van der Waals surface area contributed by atoms with Crippen molar-refractivity contribution in [3.63, 3.8) is 0 Å². The molecule has 0 spiro atoms. The van der Waals surface area contributed by atoms with E-state index in [0.29, 0.717) is 6.54 Å². The van der Waals surface area contributed by atoms with Crippen molar-refractivity contribution < 1.29 is 0 Å². The summed E-state index contributed by atoms with van der Waals surface area (Å²) in [6, 6.07) is 0.111. The third kappa shape index (κ3) is 0.972. The number of hydrogen-bond donors (Lipinski definition) is 1. The van der Waals surface area contributed by atoms with Gasteiger partial charge in [-0.2, -0.15) is 5.10 Å². The minimum absolute atomic E-state index is 0.0554. The van der Waals surface area contributed by atoms with Crippen LogP contribution in [0.2, 0.25) is 0 Å². The lowest BCUT2D eigenvalue weighted by Gasteiger charge is -2.17. The maximum absolute atomic E-state index is 11.4. The normalized spacial score (nSPS) is 22.3. The van der Waals surface area contributed by atoms with Crippen LogP contribution in [0.15, 0.2) is 4.79 Å². The van der Waals surface area contributed by atoms with Gasteiger partial charge in [0.25, 0.3) is 0 Å². The SMILES string of the molecule is Cn1nc2n(c1=O)CC(N)CC2. The Bertz CT molecular complexity index is 351. The number of aromatic nitrogens is 3. The zero-order valence-corrected chi connectivity index (χ0v) is 7.03. The van der Waals surface area contributed by atoms with Crippen molar-refractivity contribution in [3.8, 4) is 0 Å². The summed E-state index contributed by atoms with van der Waals surface area (Å²) >= 11 is 0. The van der Waals surface area contributed by atoms with Crippen LogP contribution in [0.4, 0.5) is 0 Å². The smallest absolute Gasteiger partial charge is 0.326 e. The van der Waals surface area contributed by atoms with Crippen LogP contribution < -0.4 is 11.4 Å². The highest BCUT2D eigenvalue weighted by Gasteiger charge is 2.19. The van der Waals surface area contributed by atoms with Gasteiger partial charge in [0.1, 0.15) is 5.82 Å². The standard InChI is InChI=1S/C7H12N4O/c1-10-7(12)11-4-5(8)2-3-6(11)9-10/h5H,2-4,8H2,1H3. The molecule has 5 heteroatoms. The molecular formula is C7H12N4O. The van der Waals surface area contributed by atoms with Crippen LogP contribution in [0.1, 0.15) is 12.2 Å². The number of fused-ring (bicyclic) bond motifs is 1. The van der Waals surface area contributed by atoms with Gasteiger partial charge in [-0.15, -0.1) is 0 Å². The van der Waals surface area contributed by atoms with Crippen molar-refractivity contribution in [2.45, 2.75) is 25.4 Å². The Balaban J connectivity index is 2.51. The fourth-order valence-electron chi connectivity index (χ4n) is 1.56. The van der Waals surface area contributed by atoms with Gasteiger partial charge in [0, 0.05) is 26.1 Å². The molecular weight excluding hydrogens is 156 g/mol. The zero-order chi connectivity index (χ0) is 8.72. The lowest BCUT2D eigenvalue weighted by Crippen LogP contribution is -2.36. The summed E-state index contributed by atoms with van der Waals surface area (Å²) in [5.74, 6) is 0.865. The van der Waals surface area contributed by atoms with Crippen molar-refractivity contribution in [2.75, 3.05) is 0 Å². The molecule has 0 radical (unpaired) electrons. The van der Waals surface area contributed by atoms with E-state index < -0.39 is 0 Å². The van der Waals surface area contributed by atoms with Crippen molar-refractivity contribution in [2.24, 2.45) is 12.8 Å². The Morgan fingerprint density at radius 1 is 1.67 bits per heavy atom. The first-order valence-corrected chi connectivity index (χ1v) is 4.07. The van der Waals surface area contributed by atoms with Gasteiger partial charge in [-0.05, 0) is 6.42 Å². The number of nitrogens with zero attached hydrogens (tertiary/aromatic N) is 3. The van der Waals surface area contributed by atoms with Crippen LogP contribution in [0.25, 0.3) is 0 Å². The van der Waals surface area contributed by atoms with Gasteiger partial charge < -0.3 is 5.73 Å². The molecule has 0 saturated carbocycles. The van der Waals surface area contributed by atoms with E-state index in [9.17, 15) is 4.79 Å². The van der Waals surface area contributed by atoms with E-state index in [4.69, 9.17) is 5.73 Å². The highest BCUT2D eigenvalue weighted by molar-refractivity contribution is 4.93. The van der Waals surface area contributed by atoms with Gasteiger partial charge in [0.05, 0.1) is 0 Å². The lowest BCUT2D eigenvalue weighted by atomic mass is 10.1. The van der Waals surface area contributed by atoms with E-state index in [1.165, 1.54) is 4.68 Å². The lowest BCUT2D eigenvalue weighted by molar-refractivity contribution is 0.446. The van der Waals surface area contributed by atoms with Gasteiger partial charge in [-0.25, -0.2) is 9.48 Å².